The zero-order valence-electron chi connectivity index (χ0n) is 9.78. The summed E-state index contributed by atoms with van der Waals surface area (Å²) in [6.45, 7) is 1.01. The molecule has 2 aromatic rings. The zero-order chi connectivity index (χ0) is 12.6. The maximum absolute atomic E-state index is 11.4. The van der Waals surface area contributed by atoms with E-state index >= 15 is 0 Å². The molecule has 3 rings (SSSR count). The van der Waals surface area contributed by atoms with Gasteiger partial charge in [-0.15, -0.1) is 0 Å². The number of anilines is 1. The van der Waals surface area contributed by atoms with Gasteiger partial charge < -0.3 is 4.90 Å². The molecule has 0 saturated carbocycles. The molecule has 1 aliphatic rings. The lowest BCUT2D eigenvalue weighted by Crippen LogP contribution is -2.40. The molecule has 0 amide bonds. The maximum atomic E-state index is 11.4. The average Bonchev–Trinajstić information content (AvgIpc) is 2.38. The second-order valence-electron chi connectivity index (χ2n) is 4.35. The van der Waals surface area contributed by atoms with E-state index in [1.165, 1.54) is 6.33 Å². The summed E-state index contributed by atoms with van der Waals surface area (Å²) in [6.07, 6.45) is 1.53. The van der Waals surface area contributed by atoms with Crippen LogP contribution in [0.15, 0.2) is 30.6 Å². The smallest absolute Gasteiger partial charge is 0.153 e. The van der Waals surface area contributed by atoms with Crippen LogP contribution in [0.4, 0.5) is 5.82 Å². The largest absolute Gasteiger partial charge is 0.354 e. The summed E-state index contributed by atoms with van der Waals surface area (Å²) in [7, 11) is -2.86. The quantitative estimate of drug-likeness (QED) is 0.763. The van der Waals surface area contributed by atoms with E-state index < -0.39 is 9.84 Å². The third-order valence-electron chi connectivity index (χ3n) is 3.17. The Balaban J connectivity index is 2.00. The fourth-order valence-electron chi connectivity index (χ4n) is 2.17. The Morgan fingerprint density at radius 1 is 1.06 bits per heavy atom. The maximum Gasteiger partial charge on any atom is 0.153 e. The summed E-state index contributed by atoms with van der Waals surface area (Å²) in [4.78, 5) is 10.5. The molecule has 1 aromatic heterocycles. The van der Waals surface area contributed by atoms with E-state index in [1.807, 2.05) is 29.2 Å². The Morgan fingerprint density at radius 2 is 1.78 bits per heavy atom. The van der Waals surface area contributed by atoms with E-state index in [1.54, 1.807) is 0 Å². The number of rotatable bonds is 1. The first kappa shape index (κ1) is 11.4. The molecule has 0 aliphatic carbocycles. The lowest BCUT2D eigenvalue weighted by atomic mass is 10.2. The van der Waals surface area contributed by atoms with Crippen LogP contribution >= 0.6 is 0 Å². The molecule has 1 aliphatic heterocycles. The Kier molecular flexibility index (Phi) is 2.66. The van der Waals surface area contributed by atoms with Crippen LogP contribution in [0, 0.1) is 0 Å². The van der Waals surface area contributed by atoms with Gasteiger partial charge in [0.15, 0.2) is 9.84 Å². The summed E-state index contributed by atoms with van der Waals surface area (Å²) in [5, 5.41) is 0.972. The van der Waals surface area contributed by atoms with Gasteiger partial charge in [-0.1, -0.05) is 12.1 Å². The number of nitrogens with zero attached hydrogens (tertiary/aromatic N) is 3. The third-order valence-corrected chi connectivity index (χ3v) is 4.77. The number of hydrogen-bond donors (Lipinski definition) is 0. The molecule has 1 saturated heterocycles. The van der Waals surface area contributed by atoms with Gasteiger partial charge in [0.25, 0.3) is 0 Å². The van der Waals surface area contributed by atoms with Gasteiger partial charge in [0, 0.05) is 18.5 Å². The topological polar surface area (TPSA) is 63.2 Å². The Bertz CT molecular complexity index is 665. The molecule has 1 fully saturated rings. The van der Waals surface area contributed by atoms with Crippen molar-refractivity contribution in [2.24, 2.45) is 0 Å². The summed E-state index contributed by atoms with van der Waals surface area (Å²) in [5.74, 6) is 1.23. The van der Waals surface area contributed by atoms with Crippen LogP contribution in [0.1, 0.15) is 0 Å². The van der Waals surface area contributed by atoms with Gasteiger partial charge in [0.05, 0.1) is 17.0 Å². The molecule has 5 nitrogen and oxygen atoms in total. The van der Waals surface area contributed by atoms with E-state index in [9.17, 15) is 8.42 Å². The molecule has 94 valence electrons. The minimum absolute atomic E-state index is 0.200. The lowest BCUT2D eigenvalue weighted by molar-refractivity contribution is 0.586. The van der Waals surface area contributed by atoms with Crippen LogP contribution in [0.25, 0.3) is 10.9 Å². The summed E-state index contributed by atoms with van der Waals surface area (Å²) < 4.78 is 22.9. The van der Waals surface area contributed by atoms with Crippen molar-refractivity contribution in [3.05, 3.63) is 30.6 Å². The van der Waals surface area contributed by atoms with Gasteiger partial charge in [-0.25, -0.2) is 18.4 Å². The van der Waals surface area contributed by atoms with Crippen molar-refractivity contribution >= 4 is 26.6 Å². The van der Waals surface area contributed by atoms with Gasteiger partial charge >= 0.3 is 0 Å². The molecule has 18 heavy (non-hydrogen) atoms. The number of hydrogen-bond acceptors (Lipinski definition) is 5. The van der Waals surface area contributed by atoms with E-state index in [-0.39, 0.29) is 11.5 Å². The van der Waals surface area contributed by atoms with Crippen LogP contribution in [-0.4, -0.2) is 43.0 Å². The molecular formula is C12H13N3O2S. The summed E-state index contributed by atoms with van der Waals surface area (Å²) in [6, 6.07) is 7.77. The molecule has 1 aromatic carbocycles. The van der Waals surface area contributed by atoms with Gasteiger partial charge in [-0.05, 0) is 12.1 Å². The summed E-state index contributed by atoms with van der Waals surface area (Å²) >= 11 is 0. The highest BCUT2D eigenvalue weighted by Gasteiger charge is 2.23. The molecular weight excluding hydrogens is 250 g/mol. The molecule has 2 heterocycles. The number of sulfone groups is 1. The molecule has 0 bridgehead atoms. The van der Waals surface area contributed by atoms with Gasteiger partial charge in [0.1, 0.15) is 12.1 Å². The second-order valence-corrected chi connectivity index (χ2v) is 6.66. The first-order valence-corrected chi connectivity index (χ1v) is 7.63. The van der Waals surface area contributed by atoms with Crippen molar-refractivity contribution < 1.29 is 8.42 Å². The monoisotopic (exact) mass is 263 g/mol. The Morgan fingerprint density at radius 3 is 2.56 bits per heavy atom. The van der Waals surface area contributed by atoms with Crippen molar-refractivity contribution in [1.29, 1.82) is 0 Å². The molecule has 0 spiro atoms. The van der Waals surface area contributed by atoms with Gasteiger partial charge in [-0.2, -0.15) is 0 Å². The SMILES string of the molecule is O=S1(=O)CCN(c2ncnc3ccccc23)CC1. The Hall–Kier alpha value is -1.69. The minimum Gasteiger partial charge on any atom is -0.354 e. The normalized spacial score (nSPS) is 19.0. The van der Waals surface area contributed by atoms with E-state index in [2.05, 4.69) is 9.97 Å². The standard InChI is InChI=1S/C12H13N3O2S/c16-18(17)7-5-15(6-8-18)12-10-3-1-2-4-11(10)13-9-14-12/h1-4,9H,5-8H2. The van der Waals surface area contributed by atoms with Crippen molar-refractivity contribution in [1.82, 2.24) is 9.97 Å². The predicted octanol–water partition coefficient (Wildman–Crippen LogP) is 0.865. The molecule has 0 N–H and O–H groups in total. The van der Waals surface area contributed by atoms with Crippen molar-refractivity contribution in [3.8, 4) is 0 Å². The first-order chi connectivity index (χ1) is 8.66. The fraction of sp³-hybridized carbons (Fsp3) is 0.333. The third kappa shape index (κ3) is 2.03. The minimum atomic E-state index is -2.86. The predicted molar refractivity (Wildman–Crippen MR) is 70.4 cm³/mol. The van der Waals surface area contributed by atoms with E-state index in [0.717, 1.165) is 16.7 Å². The van der Waals surface area contributed by atoms with E-state index in [4.69, 9.17) is 0 Å². The van der Waals surface area contributed by atoms with Crippen LogP contribution in [0.3, 0.4) is 0 Å². The molecule has 0 atom stereocenters. The Labute approximate surface area is 105 Å². The van der Waals surface area contributed by atoms with Crippen molar-refractivity contribution in [2.45, 2.75) is 0 Å². The second kappa shape index (κ2) is 4.20. The zero-order valence-corrected chi connectivity index (χ0v) is 10.6. The fourth-order valence-corrected chi connectivity index (χ4v) is 3.37. The highest BCUT2D eigenvalue weighted by Crippen LogP contribution is 2.23. The summed E-state index contributed by atoms with van der Waals surface area (Å²) in [5.41, 5.74) is 0.885. The van der Waals surface area contributed by atoms with Crippen LogP contribution < -0.4 is 4.90 Å². The molecule has 0 radical (unpaired) electrons. The average molecular weight is 263 g/mol. The molecule has 0 unspecified atom stereocenters. The number of para-hydroxylation sites is 1. The van der Waals surface area contributed by atoms with Crippen molar-refractivity contribution in [3.63, 3.8) is 0 Å². The highest BCUT2D eigenvalue weighted by atomic mass is 32.2. The van der Waals surface area contributed by atoms with Crippen LogP contribution in [0.2, 0.25) is 0 Å². The number of fused-ring (bicyclic) bond motifs is 1. The van der Waals surface area contributed by atoms with Crippen LogP contribution in [-0.2, 0) is 9.84 Å². The lowest BCUT2D eigenvalue weighted by Gasteiger charge is -2.28. The van der Waals surface area contributed by atoms with Crippen LogP contribution in [0.5, 0.6) is 0 Å². The first-order valence-electron chi connectivity index (χ1n) is 5.81. The molecule has 6 heteroatoms. The van der Waals surface area contributed by atoms with E-state index in [0.29, 0.717) is 13.1 Å². The van der Waals surface area contributed by atoms with Gasteiger partial charge in [-0.3, -0.25) is 0 Å². The number of aromatic nitrogens is 2. The van der Waals surface area contributed by atoms with Gasteiger partial charge in [0.2, 0.25) is 0 Å². The number of benzene rings is 1. The van der Waals surface area contributed by atoms with Crippen molar-refractivity contribution in [2.75, 3.05) is 29.5 Å². The highest BCUT2D eigenvalue weighted by molar-refractivity contribution is 7.91.